The molecule has 0 aliphatic heterocycles. The molecule has 0 aromatic heterocycles. The molecule has 0 spiro atoms. The first kappa shape index (κ1) is 1.23. The molecule has 0 rings (SSSR count). The minimum atomic E-state index is -3.59. The van der Waals surface area contributed by atoms with E-state index in [1.54, 1.807) is 0 Å². The summed E-state index contributed by atoms with van der Waals surface area (Å²) in [6.07, 6.45) is -12.2. The largest absolute Gasteiger partial charge is 0.300 e. The average molecular weight is 124 g/mol. The maximum atomic E-state index is 11.4. The Hall–Kier alpha value is -0.330. The Bertz CT molecular complexity index is 328. The van der Waals surface area contributed by atoms with Crippen LogP contribution in [0.2, 0.25) is 0 Å². The topological polar surface area (TPSA) is 17.1 Å². The van der Waals surface area contributed by atoms with E-state index in [2.05, 4.69) is 0 Å². The molecule has 1 heteroatoms. The van der Waals surface area contributed by atoms with E-state index in [1.807, 2.05) is 0 Å². The first-order valence-corrected chi connectivity index (χ1v) is 2.07. The van der Waals surface area contributed by atoms with Crippen LogP contribution in [0.4, 0.5) is 0 Å². The van der Waals surface area contributed by atoms with Crippen molar-refractivity contribution >= 4 is 5.78 Å². The zero-order valence-electron chi connectivity index (χ0n) is 14.5. The third kappa shape index (κ3) is 3.85. The van der Waals surface area contributed by atoms with Crippen LogP contribution in [0.5, 0.6) is 0 Å². The number of Topliss-reactive ketones (excluding diaryl/α,β-unsaturated/α-hetero) is 1. The van der Waals surface area contributed by atoms with Crippen LogP contribution in [0.1, 0.15) is 53.0 Å². The normalized spacial score (nSPS) is 38.6. The van der Waals surface area contributed by atoms with Gasteiger partial charge in [-0.15, -0.1) is 0 Å². The molecule has 1 nitrogen and oxygen atoms in total. The number of hydrogen-bond donors (Lipinski definition) is 0. The summed E-state index contributed by atoms with van der Waals surface area (Å²) in [5.74, 6) is -1.50. The second-order valence-electron chi connectivity index (χ2n) is 1.03. The number of hydrogen-bond acceptors (Lipinski definition) is 1. The van der Waals surface area contributed by atoms with Gasteiger partial charge in [0.05, 0.1) is 0 Å². The Morgan fingerprint density at radius 3 is 3.12 bits per heavy atom. The molecule has 0 radical (unpaired) electrons. The molecule has 0 aliphatic carbocycles. The summed E-state index contributed by atoms with van der Waals surface area (Å²) in [4.78, 5) is 11.4. The van der Waals surface area contributed by atoms with Crippen LogP contribution in [-0.2, 0) is 4.79 Å². The fourth-order valence-electron chi connectivity index (χ4n) is 0.165. The highest BCUT2D eigenvalue weighted by Crippen LogP contribution is 1.96. The monoisotopic (exact) mass is 124 g/mol. The summed E-state index contributed by atoms with van der Waals surface area (Å²) in [6.45, 7) is -2.43. The van der Waals surface area contributed by atoms with Gasteiger partial charge in [-0.1, -0.05) is 20.1 Å². The summed E-state index contributed by atoms with van der Waals surface area (Å²) in [5, 5.41) is 0. The highest BCUT2D eigenvalue weighted by Gasteiger charge is 1.93. The minimum Gasteiger partial charge on any atom is -0.300 e. The van der Waals surface area contributed by atoms with Gasteiger partial charge < -0.3 is 0 Å². The van der Waals surface area contributed by atoms with Crippen LogP contribution in [0.25, 0.3) is 0 Å². The first-order valence-electron chi connectivity index (χ1n) is 7.15. The predicted octanol–water partition coefficient (Wildman–Crippen LogP) is 2.16. The molecule has 0 saturated heterocycles. The fourth-order valence-corrected chi connectivity index (χ4v) is 0.165. The van der Waals surface area contributed by atoms with Crippen molar-refractivity contribution in [3.8, 4) is 0 Å². The molecule has 1 unspecified atom stereocenters. The van der Waals surface area contributed by atoms with E-state index in [-0.39, 0.29) is 0 Å². The van der Waals surface area contributed by atoms with Crippen molar-refractivity contribution in [2.24, 2.45) is 0 Å². The molecule has 0 aliphatic rings. The van der Waals surface area contributed by atoms with E-state index < -0.39 is 38.2 Å². The number of carbonyl (C=O) groups is 1. The van der Waals surface area contributed by atoms with E-state index >= 15 is 0 Å². The molecular formula is C7H14O. The van der Waals surface area contributed by atoms with Gasteiger partial charge in [0.25, 0.3) is 0 Å². The van der Waals surface area contributed by atoms with E-state index in [0.29, 0.717) is 0 Å². The Kier molecular flexibility index (Phi) is 0.740. The van der Waals surface area contributed by atoms with Crippen LogP contribution in [0.3, 0.4) is 0 Å². The molecule has 0 amide bonds. The molecule has 0 aromatic rings. The van der Waals surface area contributed by atoms with Gasteiger partial charge in [0.15, 0.2) is 0 Å². The molecular weight excluding hydrogens is 100 g/mol. The molecule has 0 fully saturated rings. The second-order valence-corrected chi connectivity index (χ2v) is 1.03. The van der Waals surface area contributed by atoms with Gasteiger partial charge >= 0.3 is 0 Å². The van der Waals surface area contributed by atoms with Crippen LogP contribution in [-0.4, -0.2) is 5.78 Å². The molecule has 48 valence electrons. The highest BCUT2D eigenvalue weighted by atomic mass is 16.1. The standard InChI is InChI=1S/C7H14O/c1-3-5-6-7(8)4-2/h3-6H2,1-2H3/i1D3,3D2,4D,5D2,6D2. The summed E-state index contributed by atoms with van der Waals surface area (Å²) in [5.41, 5.74) is 0. The van der Waals surface area contributed by atoms with Crippen molar-refractivity contribution in [1.82, 2.24) is 0 Å². The first-order chi connectivity index (χ1) is 7.60. The third-order valence-corrected chi connectivity index (χ3v) is 0.510. The highest BCUT2D eigenvalue weighted by molar-refractivity contribution is 5.77. The Morgan fingerprint density at radius 2 is 2.62 bits per heavy atom. The molecule has 8 heavy (non-hydrogen) atoms. The quantitative estimate of drug-likeness (QED) is 0.561. The van der Waals surface area contributed by atoms with Crippen molar-refractivity contribution in [2.75, 3.05) is 0 Å². The molecule has 0 bridgehead atoms. The molecule has 0 saturated carbocycles. The smallest absolute Gasteiger partial charge is 0.132 e. The average Bonchev–Trinajstić information content (AvgIpc) is 2.13. The van der Waals surface area contributed by atoms with Gasteiger partial charge in [0.2, 0.25) is 0 Å². The van der Waals surface area contributed by atoms with E-state index in [0.717, 1.165) is 6.92 Å². The lowest BCUT2D eigenvalue weighted by Crippen LogP contribution is -1.92. The lowest BCUT2D eigenvalue weighted by Gasteiger charge is -1.91. The van der Waals surface area contributed by atoms with Crippen LogP contribution in [0, 0.1) is 0 Å². The number of ketones is 1. The van der Waals surface area contributed by atoms with Gasteiger partial charge in [0.1, 0.15) is 5.78 Å². The Labute approximate surface area is 65.1 Å². The van der Waals surface area contributed by atoms with Crippen LogP contribution < -0.4 is 0 Å². The zero-order valence-corrected chi connectivity index (χ0v) is 4.49. The molecule has 0 aromatic carbocycles. The number of rotatable bonds is 4. The second kappa shape index (κ2) is 4.82. The van der Waals surface area contributed by atoms with Crippen molar-refractivity contribution in [1.29, 1.82) is 0 Å². The SMILES string of the molecule is [2H]C(C)C(=O)C([2H])([2H])C([2H])([2H])C([2H])([2H])C([2H])([2H])[2H]. The van der Waals surface area contributed by atoms with Crippen LogP contribution >= 0.6 is 0 Å². The molecule has 1 atom stereocenters. The van der Waals surface area contributed by atoms with Crippen LogP contribution in [0.15, 0.2) is 0 Å². The van der Waals surface area contributed by atoms with Gasteiger partial charge in [-0.3, -0.25) is 4.79 Å². The summed E-state index contributed by atoms with van der Waals surface area (Å²) < 4.78 is 71.7. The molecule has 0 N–H and O–H groups in total. The fraction of sp³-hybridized carbons (Fsp3) is 0.857. The van der Waals surface area contributed by atoms with Gasteiger partial charge in [0, 0.05) is 26.5 Å². The maximum Gasteiger partial charge on any atom is 0.132 e. The summed E-state index contributed by atoms with van der Waals surface area (Å²) in [7, 11) is 0. The van der Waals surface area contributed by atoms with E-state index in [4.69, 9.17) is 13.7 Å². The van der Waals surface area contributed by atoms with Crippen molar-refractivity contribution in [3.05, 3.63) is 0 Å². The van der Waals surface area contributed by atoms with Gasteiger partial charge in [-0.05, 0) is 6.37 Å². The van der Waals surface area contributed by atoms with Crippen molar-refractivity contribution in [2.45, 2.75) is 39.3 Å². The Balaban J connectivity index is 5.72. The predicted molar refractivity (Wildman–Crippen MR) is 34.8 cm³/mol. The van der Waals surface area contributed by atoms with E-state index in [1.165, 1.54) is 0 Å². The summed E-state index contributed by atoms with van der Waals surface area (Å²) in [6, 6.07) is 0. The van der Waals surface area contributed by atoms with Gasteiger partial charge in [-0.25, -0.2) is 0 Å². The summed E-state index contributed by atoms with van der Waals surface area (Å²) >= 11 is 0. The van der Waals surface area contributed by atoms with Crippen molar-refractivity contribution < 1.29 is 18.5 Å². The third-order valence-electron chi connectivity index (χ3n) is 0.510. The minimum absolute atomic E-state index is 1.00. The molecule has 0 heterocycles. The van der Waals surface area contributed by atoms with Crippen molar-refractivity contribution in [3.63, 3.8) is 0 Å². The van der Waals surface area contributed by atoms with Gasteiger partial charge in [-0.2, -0.15) is 0 Å². The number of carbonyl (C=O) groups excluding carboxylic acids is 1. The Morgan fingerprint density at radius 1 is 1.88 bits per heavy atom. The zero-order chi connectivity index (χ0) is 15.2. The maximum absolute atomic E-state index is 11.4. The lowest BCUT2D eigenvalue weighted by atomic mass is 10.1. The van der Waals surface area contributed by atoms with E-state index in [9.17, 15) is 4.79 Å². The lowest BCUT2D eigenvalue weighted by molar-refractivity contribution is -0.118.